The summed E-state index contributed by atoms with van der Waals surface area (Å²) in [4.78, 5) is 26.2. The average Bonchev–Trinajstić information content (AvgIpc) is 2.72. The van der Waals surface area contributed by atoms with Crippen LogP contribution in [0.5, 0.6) is 0 Å². The van der Waals surface area contributed by atoms with Crippen LogP contribution in [0.1, 0.15) is 55.8 Å². The van der Waals surface area contributed by atoms with E-state index in [1.807, 2.05) is 0 Å². The van der Waals surface area contributed by atoms with Gasteiger partial charge >= 0.3 is 0 Å². The average molecular weight is 319 g/mol. The number of hydrogen-bond acceptors (Lipinski definition) is 3. The number of carbonyl (C=O) groups is 2. The third kappa shape index (κ3) is 2.90. The summed E-state index contributed by atoms with van der Waals surface area (Å²) in [5, 5.41) is 10.4. The van der Waals surface area contributed by atoms with Gasteiger partial charge in [0.25, 0.3) is 0 Å². The van der Waals surface area contributed by atoms with Crippen molar-refractivity contribution in [1.82, 2.24) is 4.90 Å². The van der Waals surface area contributed by atoms with E-state index in [0.29, 0.717) is 11.1 Å². The molecule has 4 nitrogen and oxygen atoms in total. The maximum Gasteiger partial charge on any atom is 0.236 e. The fourth-order valence-corrected chi connectivity index (χ4v) is 3.95. The van der Waals surface area contributed by atoms with Crippen molar-refractivity contribution in [3.8, 4) is 0 Å². The molecule has 1 heterocycles. The number of nitrogens with zero attached hydrogens (tertiary/aromatic N) is 1. The number of β-amino-alcohol motifs (C(OH)–C–C–N with tert-alkyl or cyclic N) is 1. The van der Waals surface area contributed by atoms with Crippen LogP contribution in [0.25, 0.3) is 0 Å². The molecule has 1 saturated carbocycles. The highest BCUT2D eigenvalue weighted by molar-refractivity contribution is 6.06. The predicted octanol–water partition coefficient (Wildman–Crippen LogP) is 2.88. The molecule has 1 aromatic carbocycles. The summed E-state index contributed by atoms with van der Waals surface area (Å²) >= 11 is 0. The van der Waals surface area contributed by atoms with Crippen LogP contribution in [0.15, 0.2) is 18.2 Å². The van der Waals surface area contributed by atoms with Gasteiger partial charge in [0.2, 0.25) is 11.8 Å². The summed E-state index contributed by atoms with van der Waals surface area (Å²) in [5.41, 5.74) is 0.632. The van der Waals surface area contributed by atoms with Crippen molar-refractivity contribution in [2.75, 3.05) is 6.54 Å². The number of rotatable bonds is 3. The van der Waals surface area contributed by atoms with Crippen LogP contribution < -0.4 is 0 Å². The van der Waals surface area contributed by atoms with Crippen molar-refractivity contribution in [1.29, 1.82) is 0 Å². The van der Waals surface area contributed by atoms with E-state index in [4.69, 9.17) is 0 Å². The lowest BCUT2D eigenvalue weighted by Crippen LogP contribution is -2.39. The molecule has 2 aliphatic rings. The number of carbonyl (C=O) groups excluding carboxylic acids is 2. The van der Waals surface area contributed by atoms with E-state index in [2.05, 4.69) is 0 Å². The number of imide groups is 1. The van der Waals surface area contributed by atoms with Crippen molar-refractivity contribution < 1.29 is 19.1 Å². The smallest absolute Gasteiger partial charge is 0.236 e. The number of hydrogen-bond donors (Lipinski definition) is 1. The van der Waals surface area contributed by atoms with E-state index in [1.165, 1.54) is 23.1 Å². The molecule has 5 heteroatoms. The van der Waals surface area contributed by atoms with E-state index in [1.54, 1.807) is 6.92 Å². The van der Waals surface area contributed by atoms with Gasteiger partial charge < -0.3 is 5.11 Å². The molecule has 1 aliphatic carbocycles. The summed E-state index contributed by atoms with van der Waals surface area (Å²) in [5.74, 6) is -0.704. The Morgan fingerprint density at radius 3 is 2.61 bits per heavy atom. The number of aliphatic hydroxyl groups excluding tert-OH is 1. The first kappa shape index (κ1) is 16.1. The van der Waals surface area contributed by atoms with Crippen LogP contribution >= 0.6 is 0 Å². The van der Waals surface area contributed by atoms with Crippen LogP contribution in [0, 0.1) is 18.2 Å². The third-order valence-electron chi connectivity index (χ3n) is 5.25. The molecular weight excluding hydrogens is 297 g/mol. The zero-order valence-electron chi connectivity index (χ0n) is 13.3. The Labute approximate surface area is 135 Å². The Morgan fingerprint density at radius 1 is 1.26 bits per heavy atom. The van der Waals surface area contributed by atoms with Crippen molar-refractivity contribution in [2.24, 2.45) is 5.41 Å². The molecule has 0 radical (unpaired) electrons. The fraction of sp³-hybridized carbons (Fsp3) is 0.556. The van der Waals surface area contributed by atoms with Gasteiger partial charge in [-0.15, -0.1) is 0 Å². The lowest BCUT2D eigenvalue weighted by molar-refractivity contribution is -0.143. The molecule has 1 aromatic rings. The normalized spacial score (nSPS) is 22.0. The molecule has 0 aromatic heterocycles. The Kier molecular flexibility index (Phi) is 4.23. The third-order valence-corrected chi connectivity index (χ3v) is 5.25. The highest BCUT2D eigenvalue weighted by atomic mass is 19.1. The van der Waals surface area contributed by atoms with Gasteiger partial charge in [-0.25, -0.2) is 4.39 Å². The van der Waals surface area contributed by atoms with E-state index in [9.17, 15) is 19.1 Å². The van der Waals surface area contributed by atoms with Gasteiger partial charge in [0.15, 0.2) is 0 Å². The second-order valence-corrected chi connectivity index (χ2v) is 6.84. The Morgan fingerprint density at radius 2 is 1.96 bits per heavy atom. The van der Waals surface area contributed by atoms with Crippen molar-refractivity contribution >= 4 is 11.8 Å². The van der Waals surface area contributed by atoms with Gasteiger partial charge in [-0.3, -0.25) is 14.5 Å². The predicted molar refractivity (Wildman–Crippen MR) is 83.0 cm³/mol. The van der Waals surface area contributed by atoms with E-state index >= 15 is 0 Å². The summed E-state index contributed by atoms with van der Waals surface area (Å²) in [7, 11) is 0. The Bertz CT molecular complexity index is 637. The second-order valence-electron chi connectivity index (χ2n) is 6.84. The Balaban J connectivity index is 1.77. The van der Waals surface area contributed by atoms with Crippen molar-refractivity contribution in [3.05, 3.63) is 35.1 Å². The van der Waals surface area contributed by atoms with Crippen molar-refractivity contribution in [3.63, 3.8) is 0 Å². The molecule has 1 aliphatic heterocycles. The van der Waals surface area contributed by atoms with Gasteiger partial charge in [-0.1, -0.05) is 25.3 Å². The largest absolute Gasteiger partial charge is 0.387 e. The SMILES string of the molecule is Cc1cc(F)ccc1C(O)CN1C(=O)CC2(CCCCC2)C1=O. The number of aliphatic hydroxyl groups is 1. The summed E-state index contributed by atoms with van der Waals surface area (Å²) < 4.78 is 13.2. The van der Waals surface area contributed by atoms with Gasteiger partial charge in [-0.05, 0) is 43.0 Å². The number of likely N-dealkylation sites (tertiary alicyclic amines) is 1. The first-order chi connectivity index (χ1) is 10.9. The zero-order chi connectivity index (χ0) is 16.6. The summed E-state index contributed by atoms with van der Waals surface area (Å²) in [6, 6.07) is 4.13. The van der Waals surface area contributed by atoms with Crippen LogP contribution in [0.3, 0.4) is 0 Å². The molecule has 3 rings (SSSR count). The lowest BCUT2D eigenvalue weighted by Gasteiger charge is -2.31. The standard InChI is InChI=1S/C18H22FNO3/c1-12-9-13(19)5-6-14(12)15(21)11-20-16(22)10-18(17(20)23)7-3-2-4-8-18/h5-6,9,15,21H,2-4,7-8,10-11H2,1H3. The minimum Gasteiger partial charge on any atom is -0.387 e. The first-order valence-electron chi connectivity index (χ1n) is 8.22. The fourth-order valence-electron chi connectivity index (χ4n) is 3.95. The minimum atomic E-state index is -0.984. The lowest BCUT2D eigenvalue weighted by atomic mass is 9.73. The van der Waals surface area contributed by atoms with Gasteiger partial charge in [0.05, 0.1) is 18.1 Å². The molecule has 1 saturated heterocycles. The van der Waals surface area contributed by atoms with Crippen LogP contribution in [0.2, 0.25) is 0 Å². The van der Waals surface area contributed by atoms with Crippen LogP contribution in [-0.4, -0.2) is 28.4 Å². The highest BCUT2D eigenvalue weighted by Crippen LogP contribution is 2.45. The topological polar surface area (TPSA) is 57.6 Å². The molecule has 2 amide bonds. The van der Waals surface area contributed by atoms with Gasteiger partial charge in [-0.2, -0.15) is 0 Å². The van der Waals surface area contributed by atoms with Crippen LogP contribution in [-0.2, 0) is 9.59 Å². The van der Waals surface area contributed by atoms with Gasteiger partial charge in [0.1, 0.15) is 5.82 Å². The molecule has 2 fully saturated rings. The molecule has 1 N–H and O–H groups in total. The number of amides is 2. The number of halogens is 1. The molecule has 23 heavy (non-hydrogen) atoms. The molecule has 1 spiro atoms. The van der Waals surface area contributed by atoms with Crippen LogP contribution in [0.4, 0.5) is 4.39 Å². The summed E-state index contributed by atoms with van der Waals surface area (Å²) in [6.45, 7) is 1.66. The Hall–Kier alpha value is -1.75. The monoisotopic (exact) mass is 319 g/mol. The van der Waals surface area contributed by atoms with E-state index in [0.717, 1.165) is 32.1 Å². The van der Waals surface area contributed by atoms with E-state index < -0.39 is 11.5 Å². The molecule has 124 valence electrons. The highest BCUT2D eigenvalue weighted by Gasteiger charge is 2.51. The molecule has 1 atom stereocenters. The first-order valence-corrected chi connectivity index (χ1v) is 8.22. The number of aryl methyl sites for hydroxylation is 1. The van der Waals surface area contributed by atoms with Gasteiger partial charge in [0, 0.05) is 6.42 Å². The van der Waals surface area contributed by atoms with E-state index in [-0.39, 0.29) is 30.6 Å². The quantitative estimate of drug-likeness (QED) is 0.872. The second kappa shape index (κ2) is 6.04. The summed E-state index contributed by atoms with van der Waals surface area (Å²) in [6.07, 6.45) is 3.88. The maximum absolute atomic E-state index is 13.2. The number of benzene rings is 1. The molecule has 0 bridgehead atoms. The van der Waals surface area contributed by atoms with Crippen molar-refractivity contribution in [2.45, 2.75) is 51.6 Å². The molecular formula is C18H22FNO3. The minimum absolute atomic E-state index is 0.0497. The maximum atomic E-state index is 13.2. The zero-order valence-corrected chi connectivity index (χ0v) is 13.3. The molecule has 1 unspecified atom stereocenters.